The van der Waals surface area contributed by atoms with Crippen molar-refractivity contribution in [1.29, 1.82) is 0 Å². The maximum atomic E-state index is 11.9. The van der Waals surface area contributed by atoms with Gasteiger partial charge in [-0.05, 0) is 18.6 Å². The Labute approximate surface area is 106 Å². The van der Waals surface area contributed by atoms with E-state index in [4.69, 9.17) is 0 Å². The molecule has 1 amide bonds. The lowest BCUT2D eigenvalue weighted by Crippen LogP contribution is -2.26. The summed E-state index contributed by atoms with van der Waals surface area (Å²) < 4.78 is 0. The van der Waals surface area contributed by atoms with Crippen molar-refractivity contribution >= 4 is 5.91 Å². The molecule has 0 unspecified atom stereocenters. The van der Waals surface area contributed by atoms with E-state index in [9.17, 15) is 4.79 Å². The second-order valence-electron chi connectivity index (χ2n) is 4.11. The Morgan fingerprint density at radius 1 is 1.33 bits per heavy atom. The average molecular weight is 244 g/mol. The van der Waals surface area contributed by atoms with Crippen LogP contribution in [0.2, 0.25) is 0 Å². The molecule has 0 radical (unpaired) electrons. The summed E-state index contributed by atoms with van der Waals surface area (Å²) in [5.41, 5.74) is 0.942. The van der Waals surface area contributed by atoms with E-state index in [0.717, 1.165) is 11.5 Å². The van der Waals surface area contributed by atoms with Crippen LogP contribution in [0.25, 0.3) is 0 Å². The molecule has 0 fully saturated rings. The highest BCUT2D eigenvalue weighted by atomic mass is 16.2. The van der Waals surface area contributed by atoms with Crippen LogP contribution in [0, 0.1) is 0 Å². The van der Waals surface area contributed by atoms with Crippen LogP contribution in [0.4, 0.5) is 0 Å². The van der Waals surface area contributed by atoms with E-state index in [2.05, 4.69) is 15.0 Å². The lowest BCUT2D eigenvalue weighted by molar-refractivity contribution is -0.130. The molecule has 0 saturated heterocycles. The predicted octanol–water partition coefficient (Wildman–Crippen LogP) is 1.40. The maximum Gasteiger partial charge on any atom is 0.223 e. The number of carbonyl (C=O) groups excluding carboxylic acids is 1. The zero-order chi connectivity index (χ0) is 12.8. The Morgan fingerprint density at radius 2 is 2.22 bits per heavy atom. The third-order valence-electron chi connectivity index (χ3n) is 2.69. The summed E-state index contributed by atoms with van der Waals surface area (Å²) in [6.45, 7) is 0.508. The van der Waals surface area contributed by atoms with Crippen LogP contribution < -0.4 is 0 Å². The molecule has 0 aliphatic rings. The van der Waals surface area contributed by atoms with E-state index >= 15 is 0 Å². The van der Waals surface area contributed by atoms with Crippen molar-refractivity contribution in [2.24, 2.45) is 0 Å². The van der Waals surface area contributed by atoms with Crippen molar-refractivity contribution in [1.82, 2.24) is 19.9 Å². The molecular weight excluding hydrogens is 228 g/mol. The largest absolute Gasteiger partial charge is 0.347 e. The minimum absolute atomic E-state index is 0.0945. The lowest BCUT2D eigenvalue weighted by Gasteiger charge is -2.15. The summed E-state index contributed by atoms with van der Waals surface area (Å²) in [5, 5.41) is 0. The van der Waals surface area contributed by atoms with Gasteiger partial charge in [0.15, 0.2) is 0 Å². The van der Waals surface area contributed by atoms with Crippen molar-refractivity contribution in [2.75, 3.05) is 7.05 Å². The first-order chi connectivity index (χ1) is 8.75. The van der Waals surface area contributed by atoms with Gasteiger partial charge in [0, 0.05) is 37.8 Å². The van der Waals surface area contributed by atoms with E-state index in [1.54, 1.807) is 30.5 Å². The number of rotatable bonds is 5. The Hall–Kier alpha value is -2.17. The normalized spacial score (nSPS) is 10.3. The smallest absolute Gasteiger partial charge is 0.223 e. The Balaban J connectivity index is 1.81. The molecule has 2 rings (SSSR count). The molecular formula is C13H16N4O. The number of aromatic amines is 1. The van der Waals surface area contributed by atoms with Gasteiger partial charge in [-0.1, -0.05) is 6.07 Å². The molecule has 18 heavy (non-hydrogen) atoms. The summed E-state index contributed by atoms with van der Waals surface area (Å²) in [4.78, 5) is 24.8. The first kappa shape index (κ1) is 12.3. The van der Waals surface area contributed by atoms with Crippen LogP contribution in [-0.4, -0.2) is 32.8 Å². The number of nitrogens with one attached hydrogen (secondary N) is 1. The first-order valence-corrected chi connectivity index (χ1v) is 5.88. The average Bonchev–Trinajstić information content (AvgIpc) is 2.90. The molecule has 2 heterocycles. The van der Waals surface area contributed by atoms with Gasteiger partial charge in [-0.25, -0.2) is 4.98 Å². The fraction of sp³-hybridized carbons (Fsp3) is 0.308. The van der Waals surface area contributed by atoms with E-state index < -0.39 is 0 Å². The Morgan fingerprint density at radius 3 is 2.89 bits per heavy atom. The summed E-state index contributed by atoms with van der Waals surface area (Å²) in [6.07, 6.45) is 6.31. The highest BCUT2D eigenvalue weighted by Crippen LogP contribution is 2.03. The zero-order valence-corrected chi connectivity index (χ0v) is 10.3. The van der Waals surface area contributed by atoms with E-state index in [1.807, 2.05) is 18.2 Å². The molecule has 94 valence electrons. The summed E-state index contributed by atoms with van der Waals surface area (Å²) >= 11 is 0. The second-order valence-corrected chi connectivity index (χ2v) is 4.11. The standard InChI is InChI=1S/C13H16N4O/c1-17(10-12-15-8-9-16-12)13(18)6-5-11-4-2-3-7-14-11/h2-4,7-9H,5-6,10H2,1H3,(H,15,16). The molecule has 0 spiro atoms. The van der Waals surface area contributed by atoms with Crippen LogP contribution >= 0.6 is 0 Å². The number of nitrogens with zero attached hydrogens (tertiary/aromatic N) is 3. The van der Waals surface area contributed by atoms with Gasteiger partial charge in [-0.2, -0.15) is 0 Å². The molecule has 0 bridgehead atoms. The van der Waals surface area contributed by atoms with Crippen LogP contribution in [0.5, 0.6) is 0 Å². The molecule has 2 aromatic rings. The van der Waals surface area contributed by atoms with Crippen molar-refractivity contribution in [3.05, 3.63) is 48.3 Å². The van der Waals surface area contributed by atoms with Crippen LogP contribution in [0.3, 0.4) is 0 Å². The molecule has 2 aromatic heterocycles. The van der Waals surface area contributed by atoms with Gasteiger partial charge in [-0.3, -0.25) is 9.78 Å². The SMILES string of the molecule is CN(Cc1ncc[nH]1)C(=O)CCc1ccccn1. The van der Waals surface area contributed by atoms with Crippen LogP contribution in [-0.2, 0) is 17.8 Å². The highest BCUT2D eigenvalue weighted by molar-refractivity contribution is 5.75. The number of hydrogen-bond donors (Lipinski definition) is 1. The number of aryl methyl sites for hydroxylation is 1. The Kier molecular flexibility index (Phi) is 4.06. The first-order valence-electron chi connectivity index (χ1n) is 5.88. The monoisotopic (exact) mass is 244 g/mol. The quantitative estimate of drug-likeness (QED) is 0.864. The Bertz CT molecular complexity index is 481. The van der Waals surface area contributed by atoms with Gasteiger partial charge < -0.3 is 9.88 Å². The topological polar surface area (TPSA) is 61.9 Å². The lowest BCUT2D eigenvalue weighted by atomic mass is 10.2. The van der Waals surface area contributed by atoms with Gasteiger partial charge in [0.2, 0.25) is 5.91 Å². The minimum atomic E-state index is 0.0945. The number of hydrogen-bond acceptors (Lipinski definition) is 3. The van der Waals surface area contributed by atoms with Gasteiger partial charge in [-0.15, -0.1) is 0 Å². The molecule has 0 aliphatic carbocycles. The van der Waals surface area contributed by atoms with Crippen molar-refractivity contribution in [3.8, 4) is 0 Å². The van der Waals surface area contributed by atoms with Crippen molar-refractivity contribution in [2.45, 2.75) is 19.4 Å². The second kappa shape index (κ2) is 5.95. The highest BCUT2D eigenvalue weighted by Gasteiger charge is 2.10. The maximum absolute atomic E-state index is 11.9. The number of imidazole rings is 1. The van der Waals surface area contributed by atoms with Crippen molar-refractivity contribution < 1.29 is 4.79 Å². The number of amides is 1. The van der Waals surface area contributed by atoms with Gasteiger partial charge in [0.25, 0.3) is 0 Å². The third-order valence-corrected chi connectivity index (χ3v) is 2.69. The number of pyridine rings is 1. The molecule has 0 aromatic carbocycles. The van der Waals surface area contributed by atoms with Crippen LogP contribution in [0.1, 0.15) is 17.9 Å². The summed E-state index contributed by atoms with van der Waals surface area (Å²) in [7, 11) is 1.78. The molecule has 5 heteroatoms. The van der Waals surface area contributed by atoms with Gasteiger partial charge >= 0.3 is 0 Å². The molecule has 1 N–H and O–H groups in total. The minimum Gasteiger partial charge on any atom is -0.347 e. The third kappa shape index (κ3) is 3.41. The van der Waals surface area contributed by atoms with Crippen LogP contribution in [0.15, 0.2) is 36.8 Å². The predicted molar refractivity (Wildman–Crippen MR) is 67.6 cm³/mol. The summed E-state index contributed by atoms with van der Waals surface area (Å²) in [5.74, 6) is 0.890. The van der Waals surface area contributed by atoms with E-state index in [-0.39, 0.29) is 5.91 Å². The number of carbonyl (C=O) groups is 1. The van der Waals surface area contributed by atoms with Gasteiger partial charge in [0.1, 0.15) is 5.82 Å². The fourth-order valence-corrected chi connectivity index (χ4v) is 1.67. The summed E-state index contributed by atoms with van der Waals surface area (Å²) in [6, 6.07) is 5.73. The fourth-order valence-electron chi connectivity index (χ4n) is 1.67. The molecule has 5 nitrogen and oxygen atoms in total. The van der Waals surface area contributed by atoms with Crippen molar-refractivity contribution in [3.63, 3.8) is 0 Å². The molecule has 0 saturated carbocycles. The van der Waals surface area contributed by atoms with Gasteiger partial charge in [0.05, 0.1) is 6.54 Å². The molecule has 0 aliphatic heterocycles. The molecule has 0 atom stereocenters. The van der Waals surface area contributed by atoms with E-state index in [1.165, 1.54) is 0 Å². The zero-order valence-electron chi connectivity index (χ0n) is 10.3. The number of H-pyrrole nitrogens is 1. The van der Waals surface area contributed by atoms with E-state index in [0.29, 0.717) is 19.4 Å². The number of aromatic nitrogens is 3.